The van der Waals surface area contributed by atoms with E-state index in [1.807, 2.05) is 0 Å². The number of amides is 1. The molecule has 1 unspecified atom stereocenters. The quantitative estimate of drug-likeness (QED) is 0.362. The average Bonchev–Trinajstić information content (AvgIpc) is 3.14. The van der Waals surface area contributed by atoms with Crippen molar-refractivity contribution < 1.29 is 14.7 Å². The lowest BCUT2D eigenvalue weighted by atomic mass is 10.0. The first-order valence-corrected chi connectivity index (χ1v) is 10.8. The predicted octanol–water partition coefficient (Wildman–Crippen LogP) is 4.78. The Bertz CT molecular complexity index is 342. The van der Waals surface area contributed by atoms with E-state index in [0.29, 0.717) is 6.42 Å². The molecule has 1 atom stereocenters. The SMILES string of the molecule is CCCCCCCCCCCCCCCC(N)=O.O=C(O)C1CCCN1. The van der Waals surface area contributed by atoms with Gasteiger partial charge in [0.05, 0.1) is 0 Å². The molecule has 0 aromatic rings. The highest BCUT2D eigenvalue weighted by Crippen LogP contribution is 2.12. The molecule has 0 radical (unpaired) electrons. The fraction of sp³-hybridized carbons (Fsp3) is 0.905. The molecule has 5 nitrogen and oxygen atoms in total. The van der Waals surface area contributed by atoms with E-state index in [2.05, 4.69) is 12.2 Å². The molecule has 0 aromatic carbocycles. The Kier molecular flexibility index (Phi) is 17.9. The lowest BCUT2D eigenvalue weighted by Crippen LogP contribution is -2.29. The zero-order chi connectivity index (χ0) is 19.5. The zero-order valence-electron chi connectivity index (χ0n) is 16.9. The second-order valence-corrected chi connectivity index (χ2v) is 7.45. The number of carboxylic acid groups (broad SMARTS) is 1. The molecular formula is C21H42N2O3. The molecule has 0 spiro atoms. The van der Waals surface area contributed by atoms with Gasteiger partial charge in [0.15, 0.2) is 0 Å². The molecule has 0 aliphatic carbocycles. The molecule has 1 aliphatic rings. The Morgan fingerprint density at radius 3 is 1.65 bits per heavy atom. The summed E-state index contributed by atoms with van der Waals surface area (Å²) in [6, 6.07) is -0.269. The Morgan fingerprint density at radius 2 is 1.35 bits per heavy atom. The minimum atomic E-state index is -0.720. The summed E-state index contributed by atoms with van der Waals surface area (Å²) in [5.41, 5.74) is 5.09. The van der Waals surface area contributed by atoms with Gasteiger partial charge in [-0.15, -0.1) is 0 Å². The fourth-order valence-corrected chi connectivity index (χ4v) is 3.21. The molecule has 1 amide bonds. The number of carboxylic acids is 1. The van der Waals surface area contributed by atoms with E-state index in [1.54, 1.807) is 0 Å². The number of unbranched alkanes of at least 4 members (excludes halogenated alkanes) is 12. The summed E-state index contributed by atoms with van der Waals surface area (Å²) in [5.74, 6) is -0.874. The van der Waals surface area contributed by atoms with Crippen molar-refractivity contribution in [1.82, 2.24) is 5.32 Å². The summed E-state index contributed by atoms with van der Waals surface area (Å²) >= 11 is 0. The van der Waals surface area contributed by atoms with Gasteiger partial charge in [-0.25, -0.2) is 0 Å². The number of aliphatic carboxylic acids is 1. The summed E-state index contributed by atoms with van der Waals surface area (Å²) in [4.78, 5) is 20.7. The molecule has 1 aliphatic heterocycles. The van der Waals surface area contributed by atoms with Crippen molar-refractivity contribution in [2.24, 2.45) is 5.73 Å². The summed E-state index contributed by atoms with van der Waals surface area (Å²) in [5, 5.41) is 11.2. The topological polar surface area (TPSA) is 92.4 Å². The number of hydrogen-bond acceptors (Lipinski definition) is 3. The van der Waals surface area contributed by atoms with Gasteiger partial charge in [-0.3, -0.25) is 9.59 Å². The van der Waals surface area contributed by atoms with Crippen molar-refractivity contribution in [3.05, 3.63) is 0 Å². The molecule has 26 heavy (non-hydrogen) atoms. The maximum atomic E-state index is 10.5. The van der Waals surface area contributed by atoms with Crippen molar-refractivity contribution in [2.75, 3.05) is 6.54 Å². The Hall–Kier alpha value is -1.10. The van der Waals surface area contributed by atoms with Crippen LogP contribution in [0.4, 0.5) is 0 Å². The largest absolute Gasteiger partial charge is 0.480 e. The van der Waals surface area contributed by atoms with Gasteiger partial charge < -0.3 is 16.2 Å². The van der Waals surface area contributed by atoms with Crippen molar-refractivity contribution in [3.8, 4) is 0 Å². The molecule has 5 heteroatoms. The van der Waals surface area contributed by atoms with Crippen molar-refractivity contribution >= 4 is 11.9 Å². The van der Waals surface area contributed by atoms with Crippen LogP contribution in [0, 0.1) is 0 Å². The van der Waals surface area contributed by atoms with Gasteiger partial charge >= 0.3 is 5.97 Å². The Morgan fingerprint density at radius 1 is 0.885 bits per heavy atom. The molecule has 0 aromatic heterocycles. The van der Waals surface area contributed by atoms with E-state index in [9.17, 15) is 9.59 Å². The lowest BCUT2D eigenvalue weighted by Gasteiger charge is -2.02. The van der Waals surface area contributed by atoms with E-state index in [1.165, 1.54) is 77.0 Å². The van der Waals surface area contributed by atoms with Crippen LogP contribution in [0.25, 0.3) is 0 Å². The van der Waals surface area contributed by atoms with E-state index in [4.69, 9.17) is 10.8 Å². The van der Waals surface area contributed by atoms with Gasteiger partial charge in [0, 0.05) is 6.42 Å². The maximum absolute atomic E-state index is 10.5. The average molecular weight is 371 g/mol. The van der Waals surface area contributed by atoms with Crippen LogP contribution >= 0.6 is 0 Å². The van der Waals surface area contributed by atoms with Crippen LogP contribution in [-0.4, -0.2) is 29.6 Å². The second-order valence-electron chi connectivity index (χ2n) is 7.45. The molecule has 1 fully saturated rings. The molecule has 0 bridgehead atoms. The van der Waals surface area contributed by atoms with Gasteiger partial charge in [0.1, 0.15) is 6.04 Å². The van der Waals surface area contributed by atoms with Crippen molar-refractivity contribution in [1.29, 1.82) is 0 Å². The summed E-state index contributed by atoms with van der Waals surface area (Å²) in [6.07, 6.45) is 19.7. The Balaban J connectivity index is 0.000000642. The van der Waals surface area contributed by atoms with Gasteiger partial charge in [-0.05, 0) is 25.8 Å². The molecule has 1 rings (SSSR count). The summed E-state index contributed by atoms with van der Waals surface area (Å²) in [6.45, 7) is 3.13. The third kappa shape index (κ3) is 17.7. The van der Waals surface area contributed by atoms with Crippen LogP contribution in [-0.2, 0) is 9.59 Å². The maximum Gasteiger partial charge on any atom is 0.320 e. The van der Waals surface area contributed by atoms with Crippen LogP contribution < -0.4 is 11.1 Å². The van der Waals surface area contributed by atoms with Crippen LogP contribution in [0.3, 0.4) is 0 Å². The van der Waals surface area contributed by atoms with Crippen molar-refractivity contribution in [3.63, 3.8) is 0 Å². The van der Waals surface area contributed by atoms with Gasteiger partial charge in [-0.1, -0.05) is 84.0 Å². The number of nitrogens with one attached hydrogen (secondary N) is 1. The van der Waals surface area contributed by atoms with E-state index in [0.717, 1.165) is 25.8 Å². The highest BCUT2D eigenvalue weighted by molar-refractivity contribution is 5.73. The number of primary amides is 1. The van der Waals surface area contributed by atoms with E-state index < -0.39 is 5.97 Å². The first kappa shape index (κ1) is 24.9. The molecule has 1 heterocycles. The molecule has 0 saturated carbocycles. The van der Waals surface area contributed by atoms with E-state index >= 15 is 0 Å². The first-order valence-electron chi connectivity index (χ1n) is 10.8. The smallest absolute Gasteiger partial charge is 0.320 e. The van der Waals surface area contributed by atoms with Gasteiger partial charge in [0.2, 0.25) is 5.91 Å². The predicted molar refractivity (Wildman–Crippen MR) is 108 cm³/mol. The number of nitrogens with two attached hydrogens (primary N) is 1. The van der Waals surface area contributed by atoms with E-state index in [-0.39, 0.29) is 11.9 Å². The summed E-state index contributed by atoms with van der Waals surface area (Å²) < 4.78 is 0. The third-order valence-corrected chi connectivity index (χ3v) is 4.89. The van der Waals surface area contributed by atoms with Crippen LogP contribution in [0.5, 0.6) is 0 Å². The lowest BCUT2D eigenvalue weighted by molar-refractivity contribution is -0.139. The van der Waals surface area contributed by atoms with Crippen LogP contribution in [0.2, 0.25) is 0 Å². The molecule has 4 N–H and O–H groups in total. The standard InChI is InChI=1S/C16H33NO.C5H9NO2/c1-2-3-4-5-6-7-8-9-10-11-12-13-14-15-16(17)18;7-5(8)4-2-1-3-6-4/h2-15H2,1H3,(H2,17,18);4,6H,1-3H2,(H,7,8). The van der Waals surface area contributed by atoms with Crippen LogP contribution in [0.15, 0.2) is 0 Å². The number of carbonyl (C=O) groups is 2. The number of rotatable bonds is 15. The first-order chi connectivity index (χ1) is 12.6. The molecule has 154 valence electrons. The molecule has 1 saturated heterocycles. The highest BCUT2D eigenvalue weighted by Gasteiger charge is 2.20. The zero-order valence-corrected chi connectivity index (χ0v) is 16.9. The minimum absolute atomic E-state index is 0.155. The summed E-state index contributed by atoms with van der Waals surface area (Å²) in [7, 11) is 0. The number of hydrogen-bond donors (Lipinski definition) is 3. The number of carbonyl (C=O) groups excluding carboxylic acids is 1. The highest BCUT2D eigenvalue weighted by atomic mass is 16.4. The van der Waals surface area contributed by atoms with Gasteiger partial charge in [-0.2, -0.15) is 0 Å². The molecular weight excluding hydrogens is 328 g/mol. The van der Waals surface area contributed by atoms with Crippen molar-refractivity contribution in [2.45, 2.75) is 116 Å². The van der Waals surface area contributed by atoms with Crippen LogP contribution in [0.1, 0.15) is 110 Å². The fourth-order valence-electron chi connectivity index (χ4n) is 3.21. The third-order valence-electron chi connectivity index (χ3n) is 4.89. The monoisotopic (exact) mass is 370 g/mol. The second kappa shape index (κ2) is 18.7. The Labute approximate surface area is 160 Å². The minimum Gasteiger partial charge on any atom is -0.480 e. The normalized spacial score (nSPS) is 16.1. The van der Waals surface area contributed by atoms with Gasteiger partial charge in [0.25, 0.3) is 0 Å².